The second-order valence-electron chi connectivity index (χ2n) is 3.13. The van der Waals surface area contributed by atoms with Crippen LogP contribution in [0.4, 0.5) is 13.2 Å². The van der Waals surface area contributed by atoms with Gasteiger partial charge < -0.3 is 0 Å². The second kappa shape index (κ2) is 4.31. The van der Waals surface area contributed by atoms with Crippen molar-refractivity contribution in [1.29, 1.82) is 0 Å². The van der Waals surface area contributed by atoms with Gasteiger partial charge in [-0.15, -0.1) is 0 Å². The van der Waals surface area contributed by atoms with Crippen molar-refractivity contribution in [3.8, 4) is 0 Å². The van der Waals surface area contributed by atoms with Gasteiger partial charge in [0.25, 0.3) is 0 Å². The van der Waals surface area contributed by atoms with Gasteiger partial charge in [-0.05, 0) is 12.5 Å². The minimum Gasteiger partial charge on any atom is -0.171 e. The monoisotopic (exact) mass is 200 g/mol. The van der Waals surface area contributed by atoms with Crippen molar-refractivity contribution >= 4 is 6.08 Å². The molecule has 1 aromatic carbocycles. The normalized spacial score (nSPS) is 12.3. The molecule has 0 heterocycles. The summed E-state index contributed by atoms with van der Waals surface area (Å²) in [6, 6.07) is 7.32. The van der Waals surface area contributed by atoms with Crippen LogP contribution in [0.3, 0.4) is 0 Å². The predicted octanol–water partition coefficient (Wildman–Crippen LogP) is 3.96. The van der Waals surface area contributed by atoms with E-state index in [1.165, 1.54) is 6.08 Å². The lowest BCUT2D eigenvalue weighted by Crippen LogP contribution is -2.03. The lowest BCUT2D eigenvalue weighted by Gasteiger charge is -2.00. The van der Waals surface area contributed by atoms with Crippen LogP contribution in [0.5, 0.6) is 0 Å². The van der Waals surface area contributed by atoms with Crippen LogP contribution in [-0.2, 0) is 0 Å². The van der Waals surface area contributed by atoms with Crippen molar-refractivity contribution in [3.05, 3.63) is 41.5 Å². The van der Waals surface area contributed by atoms with Crippen molar-refractivity contribution < 1.29 is 13.2 Å². The van der Waals surface area contributed by atoms with Gasteiger partial charge in [-0.25, -0.2) is 0 Å². The molecule has 0 unspecified atom stereocenters. The molecule has 0 bridgehead atoms. The van der Waals surface area contributed by atoms with Gasteiger partial charge in [-0.2, -0.15) is 13.2 Å². The highest BCUT2D eigenvalue weighted by molar-refractivity contribution is 5.49. The van der Waals surface area contributed by atoms with E-state index in [0.717, 1.165) is 17.2 Å². The highest BCUT2D eigenvalue weighted by atomic mass is 19.4. The Kier molecular flexibility index (Phi) is 3.33. The van der Waals surface area contributed by atoms with E-state index in [2.05, 4.69) is 0 Å². The molecule has 1 aromatic rings. The fourth-order valence-electron chi connectivity index (χ4n) is 1.01. The Balaban J connectivity index is 2.57. The summed E-state index contributed by atoms with van der Waals surface area (Å²) in [4.78, 5) is 0. The Morgan fingerprint density at radius 3 is 2.21 bits per heavy atom. The summed E-state index contributed by atoms with van der Waals surface area (Å²) in [5.74, 6) is 0. The van der Waals surface area contributed by atoms with Crippen molar-refractivity contribution in [2.45, 2.75) is 19.5 Å². The number of allylic oxidation sites excluding steroid dienone is 1. The average Bonchev–Trinajstić information content (AvgIpc) is 2.06. The van der Waals surface area contributed by atoms with Crippen LogP contribution in [0.15, 0.2) is 30.3 Å². The Morgan fingerprint density at radius 2 is 1.71 bits per heavy atom. The third-order valence-electron chi connectivity index (χ3n) is 1.74. The lowest BCUT2D eigenvalue weighted by molar-refractivity contribution is -0.124. The Bertz CT molecular complexity index is 306. The summed E-state index contributed by atoms with van der Waals surface area (Å²) in [6.07, 6.45) is -2.38. The van der Waals surface area contributed by atoms with Crippen LogP contribution in [0.1, 0.15) is 17.5 Å². The van der Waals surface area contributed by atoms with Gasteiger partial charge in [0, 0.05) is 0 Å². The van der Waals surface area contributed by atoms with Crippen molar-refractivity contribution in [2.75, 3.05) is 0 Å². The van der Waals surface area contributed by atoms with E-state index in [-0.39, 0.29) is 0 Å². The van der Waals surface area contributed by atoms with E-state index in [9.17, 15) is 13.2 Å². The van der Waals surface area contributed by atoms with E-state index in [1.807, 2.05) is 19.1 Å². The Hall–Kier alpha value is -1.25. The van der Waals surface area contributed by atoms with Gasteiger partial charge in [-0.1, -0.05) is 42.0 Å². The maximum atomic E-state index is 11.8. The van der Waals surface area contributed by atoms with E-state index < -0.39 is 12.6 Å². The fraction of sp³-hybridized carbons (Fsp3) is 0.273. The smallest absolute Gasteiger partial charge is 0.171 e. The molecule has 0 aliphatic heterocycles. The summed E-state index contributed by atoms with van der Waals surface area (Å²) in [5.41, 5.74) is 1.89. The molecule has 0 aliphatic rings. The maximum absolute atomic E-state index is 11.8. The topological polar surface area (TPSA) is 0 Å². The van der Waals surface area contributed by atoms with E-state index in [1.54, 1.807) is 12.1 Å². The zero-order valence-corrected chi connectivity index (χ0v) is 7.81. The van der Waals surface area contributed by atoms with Crippen LogP contribution in [-0.4, -0.2) is 6.18 Å². The fourth-order valence-corrected chi connectivity index (χ4v) is 1.01. The third kappa shape index (κ3) is 4.12. The Labute approximate surface area is 81.1 Å². The van der Waals surface area contributed by atoms with E-state index in [4.69, 9.17) is 0 Å². The zero-order valence-electron chi connectivity index (χ0n) is 7.81. The average molecular weight is 200 g/mol. The predicted molar refractivity (Wildman–Crippen MR) is 50.9 cm³/mol. The maximum Gasteiger partial charge on any atom is 0.392 e. The third-order valence-corrected chi connectivity index (χ3v) is 1.74. The molecule has 1 rings (SSSR count). The molecule has 0 fully saturated rings. The van der Waals surface area contributed by atoms with Crippen molar-refractivity contribution in [1.82, 2.24) is 0 Å². The first-order valence-electron chi connectivity index (χ1n) is 4.27. The molecule has 0 saturated carbocycles. The molecule has 0 saturated heterocycles. The number of halogens is 3. The minimum atomic E-state index is -4.11. The van der Waals surface area contributed by atoms with E-state index in [0.29, 0.717) is 0 Å². The molecule has 0 aliphatic carbocycles. The molecular weight excluding hydrogens is 189 g/mol. The Morgan fingerprint density at radius 1 is 1.14 bits per heavy atom. The SMILES string of the molecule is Cc1ccc(/C=C/CC(F)(F)F)cc1. The van der Waals surface area contributed by atoms with Gasteiger partial charge in [0.2, 0.25) is 0 Å². The molecule has 0 nitrogen and oxygen atoms in total. The number of hydrogen-bond acceptors (Lipinski definition) is 0. The second-order valence-corrected chi connectivity index (χ2v) is 3.13. The minimum absolute atomic E-state index is 0.792. The van der Waals surface area contributed by atoms with Gasteiger partial charge in [0.05, 0.1) is 6.42 Å². The highest BCUT2D eigenvalue weighted by Gasteiger charge is 2.24. The lowest BCUT2D eigenvalue weighted by atomic mass is 10.1. The standard InChI is InChI=1S/C11H11F3/c1-9-4-6-10(7-5-9)3-2-8-11(12,13)14/h2-7H,8H2,1H3/b3-2+. The quantitative estimate of drug-likeness (QED) is 0.677. The number of alkyl halides is 3. The van der Waals surface area contributed by atoms with Gasteiger partial charge in [0.15, 0.2) is 0 Å². The first-order chi connectivity index (χ1) is 6.47. The molecular formula is C11H11F3. The first kappa shape index (κ1) is 10.8. The molecule has 0 radical (unpaired) electrons. The molecule has 3 heteroatoms. The van der Waals surface area contributed by atoms with Gasteiger partial charge >= 0.3 is 6.18 Å². The van der Waals surface area contributed by atoms with Crippen LogP contribution in [0.2, 0.25) is 0 Å². The molecule has 0 aromatic heterocycles. The molecule has 0 spiro atoms. The van der Waals surface area contributed by atoms with Crippen LogP contribution in [0, 0.1) is 6.92 Å². The molecule has 0 atom stereocenters. The van der Waals surface area contributed by atoms with Crippen LogP contribution >= 0.6 is 0 Å². The molecule has 14 heavy (non-hydrogen) atoms. The van der Waals surface area contributed by atoms with Crippen molar-refractivity contribution in [2.24, 2.45) is 0 Å². The summed E-state index contributed by atoms with van der Waals surface area (Å²) in [7, 11) is 0. The number of aryl methyl sites for hydroxylation is 1. The molecule has 0 amide bonds. The highest BCUT2D eigenvalue weighted by Crippen LogP contribution is 2.20. The van der Waals surface area contributed by atoms with Crippen LogP contribution < -0.4 is 0 Å². The number of hydrogen-bond donors (Lipinski definition) is 0. The summed E-state index contributed by atoms with van der Waals surface area (Å²) < 4.78 is 35.3. The molecule has 76 valence electrons. The van der Waals surface area contributed by atoms with Crippen LogP contribution in [0.25, 0.3) is 6.08 Å². The number of benzene rings is 1. The summed E-state index contributed by atoms with van der Waals surface area (Å²) in [5, 5.41) is 0. The zero-order chi connectivity index (χ0) is 10.6. The largest absolute Gasteiger partial charge is 0.392 e. The van der Waals surface area contributed by atoms with Gasteiger partial charge in [0.1, 0.15) is 0 Å². The number of rotatable bonds is 2. The summed E-state index contributed by atoms with van der Waals surface area (Å²) >= 11 is 0. The van der Waals surface area contributed by atoms with Gasteiger partial charge in [-0.3, -0.25) is 0 Å². The van der Waals surface area contributed by atoms with E-state index >= 15 is 0 Å². The van der Waals surface area contributed by atoms with Crippen molar-refractivity contribution in [3.63, 3.8) is 0 Å². The molecule has 0 N–H and O–H groups in total. The summed E-state index contributed by atoms with van der Waals surface area (Å²) in [6.45, 7) is 1.93. The first-order valence-corrected chi connectivity index (χ1v) is 4.27.